The van der Waals surface area contributed by atoms with E-state index in [1.165, 1.54) is 24.1 Å². The van der Waals surface area contributed by atoms with Gasteiger partial charge in [0.2, 0.25) is 0 Å². The van der Waals surface area contributed by atoms with Gasteiger partial charge in [-0.1, -0.05) is 6.42 Å². The zero-order valence-corrected chi connectivity index (χ0v) is 21.0. The minimum absolute atomic E-state index is 0.0605. The first kappa shape index (κ1) is 23.1. The van der Waals surface area contributed by atoms with E-state index in [4.69, 9.17) is 4.74 Å². The van der Waals surface area contributed by atoms with Crippen LogP contribution in [0.4, 0.5) is 25.5 Å². The molecule has 0 unspecified atom stereocenters. The number of fused-ring (bicyclic) bond motifs is 1. The van der Waals surface area contributed by atoms with Crippen molar-refractivity contribution < 1.29 is 13.5 Å². The lowest BCUT2D eigenvalue weighted by Crippen LogP contribution is -2.44. The number of thiazole rings is 1. The smallest absolute Gasteiger partial charge is 0.326 e. The van der Waals surface area contributed by atoms with Crippen molar-refractivity contribution in [2.45, 2.75) is 32.1 Å². The average Bonchev–Trinajstić information content (AvgIpc) is 3.43. The van der Waals surface area contributed by atoms with Crippen molar-refractivity contribution >= 4 is 39.0 Å². The Bertz CT molecular complexity index is 1410. The number of nitrogens with one attached hydrogen (secondary N) is 2. The molecule has 188 valence electrons. The minimum atomic E-state index is -0.663. The van der Waals surface area contributed by atoms with Gasteiger partial charge in [-0.15, -0.1) is 11.3 Å². The molecule has 0 atom stereocenters. The van der Waals surface area contributed by atoms with Gasteiger partial charge < -0.3 is 24.8 Å². The normalized spacial score (nSPS) is 16.9. The molecule has 1 aromatic carbocycles. The minimum Gasteiger partial charge on any atom is -0.421 e. The number of likely N-dealkylation sites (N-methyl/N-ethyl adjacent to an activating group) is 1. The third-order valence-corrected chi connectivity index (χ3v) is 7.96. The summed E-state index contributed by atoms with van der Waals surface area (Å²) in [5, 5.41) is 4.12. The van der Waals surface area contributed by atoms with E-state index in [9.17, 15) is 4.39 Å². The van der Waals surface area contributed by atoms with Gasteiger partial charge >= 0.3 is 6.01 Å². The maximum absolute atomic E-state index is 15.2. The summed E-state index contributed by atoms with van der Waals surface area (Å²) in [5.41, 5.74) is 0.766. The van der Waals surface area contributed by atoms with Crippen LogP contribution < -0.4 is 15.0 Å². The fraction of sp³-hybridized carbons (Fsp3) is 0.400. The predicted molar refractivity (Wildman–Crippen MR) is 137 cm³/mol. The lowest BCUT2D eigenvalue weighted by Gasteiger charge is -2.33. The van der Waals surface area contributed by atoms with E-state index in [2.05, 4.69) is 42.1 Å². The van der Waals surface area contributed by atoms with E-state index in [0.717, 1.165) is 37.4 Å². The highest BCUT2D eigenvalue weighted by molar-refractivity contribution is 7.15. The Kier molecular flexibility index (Phi) is 5.96. The van der Waals surface area contributed by atoms with E-state index in [-0.39, 0.29) is 22.7 Å². The van der Waals surface area contributed by atoms with Gasteiger partial charge in [-0.05, 0) is 38.8 Å². The van der Waals surface area contributed by atoms with Gasteiger partial charge in [0.25, 0.3) is 0 Å². The molecular formula is C25H27F2N7OS. The average molecular weight is 512 g/mol. The Morgan fingerprint density at radius 2 is 1.92 bits per heavy atom. The molecule has 1 saturated carbocycles. The molecule has 0 bridgehead atoms. The Labute approximate surface area is 211 Å². The summed E-state index contributed by atoms with van der Waals surface area (Å²) in [7, 11) is 2.08. The third kappa shape index (κ3) is 4.48. The van der Waals surface area contributed by atoms with Crippen LogP contribution in [0, 0.1) is 18.6 Å². The van der Waals surface area contributed by atoms with Crippen molar-refractivity contribution in [1.82, 2.24) is 24.8 Å². The number of aromatic amines is 1. The molecular weight excluding hydrogens is 484 g/mol. The van der Waals surface area contributed by atoms with Crippen molar-refractivity contribution in [3.05, 3.63) is 46.6 Å². The number of piperazine rings is 1. The van der Waals surface area contributed by atoms with Crippen molar-refractivity contribution in [2.24, 2.45) is 0 Å². The number of aromatic nitrogens is 4. The van der Waals surface area contributed by atoms with Crippen LogP contribution in [0.15, 0.2) is 24.4 Å². The van der Waals surface area contributed by atoms with E-state index < -0.39 is 11.6 Å². The van der Waals surface area contributed by atoms with Gasteiger partial charge in [0.05, 0.1) is 5.52 Å². The van der Waals surface area contributed by atoms with E-state index >= 15 is 4.39 Å². The first-order valence-electron chi connectivity index (χ1n) is 12.1. The summed E-state index contributed by atoms with van der Waals surface area (Å²) in [4.78, 5) is 22.0. The first-order chi connectivity index (χ1) is 17.4. The second kappa shape index (κ2) is 9.29. The summed E-state index contributed by atoms with van der Waals surface area (Å²) in [6.07, 6.45) is 5.59. The molecule has 1 saturated heterocycles. The summed E-state index contributed by atoms with van der Waals surface area (Å²) < 4.78 is 35.6. The number of halogens is 2. The van der Waals surface area contributed by atoms with Gasteiger partial charge in [-0.25, -0.2) is 13.8 Å². The Balaban J connectivity index is 1.33. The monoisotopic (exact) mass is 511 g/mol. The van der Waals surface area contributed by atoms with E-state index in [1.54, 1.807) is 24.3 Å². The lowest BCUT2D eigenvalue weighted by atomic mass is 9.85. The fourth-order valence-electron chi connectivity index (χ4n) is 4.56. The highest BCUT2D eigenvalue weighted by atomic mass is 32.1. The molecule has 2 aliphatic rings. The van der Waals surface area contributed by atoms with Crippen LogP contribution in [0.2, 0.25) is 0 Å². The number of ether oxygens (including phenoxy) is 1. The number of benzene rings is 1. The van der Waals surface area contributed by atoms with Crippen LogP contribution in [0.1, 0.15) is 35.8 Å². The lowest BCUT2D eigenvalue weighted by molar-refractivity contribution is 0.311. The number of H-pyrrole nitrogens is 1. The quantitative estimate of drug-likeness (QED) is 0.351. The van der Waals surface area contributed by atoms with Crippen molar-refractivity contribution in [1.29, 1.82) is 0 Å². The zero-order valence-electron chi connectivity index (χ0n) is 20.1. The number of hydrogen-bond donors (Lipinski definition) is 2. The van der Waals surface area contributed by atoms with Crippen LogP contribution in [0.25, 0.3) is 10.9 Å². The van der Waals surface area contributed by atoms with E-state index in [1.807, 2.05) is 12.3 Å². The number of nitrogens with zero attached hydrogens (tertiary/aromatic N) is 5. The topological polar surface area (TPSA) is 82.2 Å². The van der Waals surface area contributed by atoms with E-state index in [0.29, 0.717) is 23.2 Å². The van der Waals surface area contributed by atoms with Crippen LogP contribution in [-0.4, -0.2) is 58.1 Å². The fourth-order valence-corrected chi connectivity index (χ4v) is 5.55. The molecule has 11 heteroatoms. The molecule has 6 rings (SSSR count). The van der Waals surface area contributed by atoms with Gasteiger partial charge in [0.1, 0.15) is 11.6 Å². The maximum Gasteiger partial charge on any atom is 0.326 e. The van der Waals surface area contributed by atoms with Gasteiger partial charge in [-0.2, -0.15) is 9.97 Å². The number of hydrogen-bond acceptors (Lipinski definition) is 8. The highest BCUT2D eigenvalue weighted by Gasteiger charge is 2.23. The van der Waals surface area contributed by atoms with Crippen LogP contribution in [0.3, 0.4) is 0 Å². The predicted octanol–water partition coefficient (Wildman–Crippen LogP) is 5.56. The van der Waals surface area contributed by atoms with Crippen molar-refractivity contribution in [3.8, 4) is 11.8 Å². The molecule has 0 spiro atoms. The number of rotatable bonds is 6. The molecule has 36 heavy (non-hydrogen) atoms. The Morgan fingerprint density at radius 1 is 1.11 bits per heavy atom. The Morgan fingerprint density at radius 3 is 2.67 bits per heavy atom. The number of anilines is 3. The van der Waals surface area contributed by atoms with Gasteiger partial charge in [0.15, 0.2) is 22.5 Å². The zero-order chi connectivity index (χ0) is 24.8. The third-order valence-electron chi connectivity index (χ3n) is 6.89. The molecule has 2 fully saturated rings. The molecule has 8 nitrogen and oxygen atoms in total. The second-order valence-corrected chi connectivity index (χ2v) is 10.6. The Hall–Kier alpha value is -3.31. The molecule has 1 aliphatic carbocycles. The summed E-state index contributed by atoms with van der Waals surface area (Å²) in [5.74, 6) is 0.210. The van der Waals surface area contributed by atoms with Crippen molar-refractivity contribution in [2.75, 3.05) is 43.4 Å². The summed E-state index contributed by atoms with van der Waals surface area (Å²) >= 11 is 1.61. The van der Waals surface area contributed by atoms with Gasteiger partial charge in [0, 0.05) is 60.5 Å². The molecule has 4 aromatic rings. The van der Waals surface area contributed by atoms with Crippen LogP contribution in [-0.2, 0) is 0 Å². The summed E-state index contributed by atoms with van der Waals surface area (Å²) in [6.45, 7) is 5.10. The van der Waals surface area contributed by atoms with Crippen molar-refractivity contribution in [3.63, 3.8) is 0 Å². The molecule has 4 heterocycles. The molecule has 1 aliphatic heterocycles. The highest BCUT2D eigenvalue weighted by Crippen LogP contribution is 2.40. The largest absolute Gasteiger partial charge is 0.421 e. The molecule has 3 aromatic heterocycles. The molecule has 2 N–H and O–H groups in total. The van der Waals surface area contributed by atoms with Crippen LogP contribution in [0.5, 0.6) is 11.8 Å². The molecule has 0 radical (unpaired) electrons. The standard InChI is InChI=1S/C25H27F2N7OS/c1-14-10-16-22(27)18(11-17(26)23(16)29-14)35-24-30-20(12-21(32-24)34-8-6-33(2)7-9-34)31-25-28-13-19(36-25)15-4-3-5-15/h10-13,15,29H,3-9H2,1-2H3,(H,28,30,31,32). The summed E-state index contributed by atoms with van der Waals surface area (Å²) in [6, 6.07) is 4.36. The first-order valence-corrected chi connectivity index (χ1v) is 12.9. The van der Waals surface area contributed by atoms with Gasteiger partial charge in [-0.3, -0.25) is 0 Å². The van der Waals surface area contributed by atoms with Crippen LogP contribution >= 0.6 is 11.3 Å². The molecule has 0 amide bonds. The number of aryl methyl sites for hydroxylation is 1. The second-order valence-electron chi connectivity index (χ2n) is 9.52. The maximum atomic E-state index is 15.2. The SMILES string of the molecule is Cc1cc2c(F)c(Oc3nc(Nc4ncc(C5CCC5)s4)cc(N4CCN(C)CC4)n3)cc(F)c2[nH]1.